The van der Waals surface area contributed by atoms with Crippen LogP contribution >= 0.6 is 11.8 Å². The number of rotatable bonds is 8. The molecule has 0 saturated carbocycles. The van der Waals surface area contributed by atoms with Crippen LogP contribution in [0, 0.1) is 27.7 Å². The van der Waals surface area contributed by atoms with Crippen molar-refractivity contribution in [3.05, 3.63) is 58.7 Å². The lowest BCUT2D eigenvalue weighted by Crippen LogP contribution is -2.16. The molecule has 1 heterocycles. The maximum atomic E-state index is 12.6. The van der Waals surface area contributed by atoms with Gasteiger partial charge in [-0.25, -0.2) is 0 Å². The van der Waals surface area contributed by atoms with Gasteiger partial charge in [0, 0.05) is 18.4 Å². The van der Waals surface area contributed by atoms with E-state index in [-0.39, 0.29) is 11.7 Å². The highest BCUT2D eigenvalue weighted by Gasteiger charge is 2.16. The standard InChI is InChI=1S/C23H28N4O2S/c1-15-7-6-8-19(13-15)22-25-26-23(27(22)9-10-29-5)30-14-20(28)24-21-17(3)11-16(2)12-18(21)4/h6-8,11-13H,9-10,14H2,1-5H3,(H,24,28). The first-order chi connectivity index (χ1) is 14.4. The lowest BCUT2D eigenvalue weighted by Gasteiger charge is -2.13. The van der Waals surface area contributed by atoms with Crippen molar-refractivity contribution in [2.45, 2.75) is 39.4 Å². The molecule has 0 spiro atoms. The molecular formula is C23H28N4O2S. The number of anilines is 1. The van der Waals surface area contributed by atoms with Crippen LogP contribution in [0.1, 0.15) is 22.3 Å². The van der Waals surface area contributed by atoms with Crippen LogP contribution in [-0.4, -0.2) is 40.1 Å². The zero-order valence-corrected chi connectivity index (χ0v) is 19.0. The van der Waals surface area contributed by atoms with Gasteiger partial charge in [-0.1, -0.05) is 53.2 Å². The third-order valence-corrected chi connectivity index (χ3v) is 5.75. The van der Waals surface area contributed by atoms with Crippen LogP contribution in [0.3, 0.4) is 0 Å². The highest BCUT2D eigenvalue weighted by Crippen LogP contribution is 2.26. The Balaban J connectivity index is 1.75. The molecule has 3 aromatic rings. The van der Waals surface area contributed by atoms with E-state index >= 15 is 0 Å². The van der Waals surface area contributed by atoms with Crippen molar-refractivity contribution in [2.75, 3.05) is 24.8 Å². The van der Waals surface area contributed by atoms with Gasteiger partial charge >= 0.3 is 0 Å². The van der Waals surface area contributed by atoms with Crippen LogP contribution in [0.4, 0.5) is 5.69 Å². The fraction of sp³-hybridized carbons (Fsp3) is 0.348. The largest absolute Gasteiger partial charge is 0.383 e. The molecule has 2 aromatic carbocycles. The van der Waals surface area contributed by atoms with Crippen molar-refractivity contribution >= 4 is 23.4 Å². The summed E-state index contributed by atoms with van der Waals surface area (Å²) < 4.78 is 7.27. The summed E-state index contributed by atoms with van der Waals surface area (Å²) in [6.45, 7) is 9.29. The van der Waals surface area contributed by atoms with E-state index in [0.29, 0.717) is 18.3 Å². The van der Waals surface area contributed by atoms with Gasteiger partial charge in [-0.05, 0) is 44.9 Å². The predicted octanol–water partition coefficient (Wildman–Crippen LogP) is 4.56. The maximum Gasteiger partial charge on any atom is 0.234 e. The zero-order valence-electron chi connectivity index (χ0n) is 18.2. The van der Waals surface area contributed by atoms with Gasteiger partial charge in [0.05, 0.1) is 18.9 Å². The molecule has 30 heavy (non-hydrogen) atoms. The van der Waals surface area contributed by atoms with E-state index in [1.807, 2.05) is 30.5 Å². The minimum Gasteiger partial charge on any atom is -0.383 e. The van der Waals surface area contributed by atoms with Gasteiger partial charge in [-0.2, -0.15) is 0 Å². The number of carbonyl (C=O) groups excluding carboxylic acids is 1. The number of nitrogens with zero attached hydrogens (tertiary/aromatic N) is 3. The molecule has 0 bridgehead atoms. The lowest BCUT2D eigenvalue weighted by atomic mass is 10.1. The molecule has 0 atom stereocenters. The van der Waals surface area contributed by atoms with Crippen LogP contribution < -0.4 is 5.32 Å². The first kappa shape index (κ1) is 22.1. The minimum absolute atomic E-state index is 0.0616. The summed E-state index contributed by atoms with van der Waals surface area (Å²) in [5.74, 6) is 0.975. The Morgan fingerprint density at radius 3 is 2.47 bits per heavy atom. The van der Waals surface area contributed by atoms with Gasteiger partial charge < -0.3 is 10.1 Å². The Morgan fingerprint density at radius 1 is 1.07 bits per heavy atom. The predicted molar refractivity (Wildman–Crippen MR) is 122 cm³/mol. The number of nitrogens with one attached hydrogen (secondary N) is 1. The summed E-state index contributed by atoms with van der Waals surface area (Å²) in [5.41, 5.74) is 6.36. The van der Waals surface area contributed by atoms with Crippen LogP contribution in [0.15, 0.2) is 41.6 Å². The Kier molecular flexibility index (Phi) is 7.29. The van der Waals surface area contributed by atoms with Crippen LogP contribution in [0.5, 0.6) is 0 Å². The first-order valence-corrected chi connectivity index (χ1v) is 10.9. The van der Waals surface area contributed by atoms with Crippen molar-refractivity contribution in [1.82, 2.24) is 14.8 Å². The van der Waals surface area contributed by atoms with E-state index in [2.05, 4.69) is 53.6 Å². The summed E-state index contributed by atoms with van der Waals surface area (Å²) >= 11 is 1.38. The number of hydrogen-bond donors (Lipinski definition) is 1. The molecule has 0 aliphatic heterocycles. The highest BCUT2D eigenvalue weighted by atomic mass is 32.2. The van der Waals surface area contributed by atoms with Gasteiger partial charge in [-0.15, -0.1) is 10.2 Å². The molecule has 3 rings (SSSR count). The molecule has 1 N–H and O–H groups in total. The number of aryl methyl sites for hydroxylation is 4. The fourth-order valence-electron chi connectivity index (χ4n) is 3.46. The molecule has 0 aliphatic rings. The zero-order chi connectivity index (χ0) is 21.7. The second kappa shape index (κ2) is 9.91. The number of ether oxygens (including phenoxy) is 1. The number of methoxy groups -OCH3 is 1. The fourth-order valence-corrected chi connectivity index (χ4v) is 4.22. The summed E-state index contributed by atoms with van der Waals surface area (Å²) in [6.07, 6.45) is 0. The Bertz CT molecular complexity index is 1020. The molecule has 0 radical (unpaired) electrons. The molecule has 0 aliphatic carbocycles. The summed E-state index contributed by atoms with van der Waals surface area (Å²) in [7, 11) is 1.67. The van der Waals surface area contributed by atoms with E-state index in [1.165, 1.54) is 17.3 Å². The van der Waals surface area contributed by atoms with Gasteiger partial charge in [0.2, 0.25) is 5.91 Å². The van der Waals surface area contributed by atoms with Crippen molar-refractivity contribution in [3.8, 4) is 11.4 Å². The second-order valence-corrected chi connectivity index (χ2v) is 8.37. The number of benzene rings is 2. The first-order valence-electron chi connectivity index (χ1n) is 9.88. The van der Waals surface area contributed by atoms with Crippen LogP contribution in [0.25, 0.3) is 11.4 Å². The third-order valence-electron chi connectivity index (χ3n) is 4.79. The molecule has 1 amide bonds. The van der Waals surface area contributed by atoms with E-state index < -0.39 is 0 Å². The van der Waals surface area contributed by atoms with Crippen molar-refractivity contribution in [3.63, 3.8) is 0 Å². The topological polar surface area (TPSA) is 69.0 Å². The average Bonchev–Trinajstić information content (AvgIpc) is 3.10. The second-order valence-electron chi connectivity index (χ2n) is 7.43. The van der Waals surface area contributed by atoms with Gasteiger partial charge in [0.1, 0.15) is 0 Å². The summed E-state index contributed by atoms with van der Waals surface area (Å²) in [4.78, 5) is 12.6. The van der Waals surface area contributed by atoms with E-state index in [4.69, 9.17) is 4.74 Å². The van der Waals surface area contributed by atoms with Crippen molar-refractivity contribution in [1.29, 1.82) is 0 Å². The summed E-state index contributed by atoms with van der Waals surface area (Å²) in [6, 6.07) is 12.3. The summed E-state index contributed by atoms with van der Waals surface area (Å²) in [5, 5.41) is 12.5. The van der Waals surface area contributed by atoms with Crippen molar-refractivity contribution < 1.29 is 9.53 Å². The third kappa shape index (κ3) is 5.29. The molecular weight excluding hydrogens is 396 g/mol. The molecule has 7 heteroatoms. The molecule has 0 fully saturated rings. The number of thioether (sulfide) groups is 1. The molecule has 158 valence electrons. The Labute approximate surface area is 182 Å². The van der Waals surface area contributed by atoms with Gasteiger partial charge in [-0.3, -0.25) is 9.36 Å². The normalized spacial score (nSPS) is 11.0. The highest BCUT2D eigenvalue weighted by molar-refractivity contribution is 7.99. The number of hydrogen-bond acceptors (Lipinski definition) is 5. The van der Waals surface area contributed by atoms with Crippen LogP contribution in [-0.2, 0) is 16.1 Å². The smallest absolute Gasteiger partial charge is 0.234 e. The molecule has 0 unspecified atom stereocenters. The van der Waals surface area contributed by atoms with E-state index in [9.17, 15) is 4.79 Å². The SMILES string of the molecule is COCCn1c(SCC(=O)Nc2c(C)cc(C)cc2C)nnc1-c1cccc(C)c1. The lowest BCUT2D eigenvalue weighted by molar-refractivity contribution is -0.113. The number of aromatic nitrogens is 3. The minimum atomic E-state index is -0.0616. The number of carbonyl (C=O) groups is 1. The quantitative estimate of drug-likeness (QED) is 0.537. The van der Waals surface area contributed by atoms with E-state index in [0.717, 1.165) is 33.8 Å². The number of amides is 1. The Hall–Kier alpha value is -2.64. The van der Waals surface area contributed by atoms with Gasteiger partial charge in [0.25, 0.3) is 0 Å². The average molecular weight is 425 g/mol. The van der Waals surface area contributed by atoms with E-state index in [1.54, 1.807) is 7.11 Å². The van der Waals surface area contributed by atoms with Crippen molar-refractivity contribution in [2.24, 2.45) is 0 Å². The van der Waals surface area contributed by atoms with Crippen LogP contribution in [0.2, 0.25) is 0 Å². The monoisotopic (exact) mass is 424 g/mol. The maximum absolute atomic E-state index is 12.6. The Morgan fingerprint density at radius 2 is 1.80 bits per heavy atom. The molecule has 0 saturated heterocycles. The van der Waals surface area contributed by atoms with Gasteiger partial charge in [0.15, 0.2) is 11.0 Å². The molecule has 1 aromatic heterocycles. The molecule has 6 nitrogen and oxygen atoms in total.